The third-order valence-corrected chi connectivity index (χ3v) is 6.18. The largest absolute Gasteiger partial charge is 0.449 e. The fraction of sp³-hybridized carbons (Fsp3) is 0.286. The predicted octanol–water partition coefficient (Wildman–Crippen LogP) is 5.11. The number of ether oxygens (including phenoxy) is 1. The lowest BCUT2D eigenvalue weighted by molar-refractivity contribution is -0.116. The molecule has 0 saturated carbocycles. The molecule has 1 aliphatic carbocycles. The molecule has 4 rings (SSSR count). The van der Waals surface area contributed by atoms with E-state index in [2.05, 4.69) is 39.7 Å². The minimum atomic E-state index is -0.409. The molecule has 0 unspecified atom stereocenters. The molecule has 0 bridgehead atoms. The highest BCUT2D eigenvalue weighted by Gasteiger charge is 2.28. The van der Waals surface area contributed by atoms with Crippen LogP contribution in [-0.4, -0.2) is 25.2 Å². The number of nitrogens with one attached hydrogen (secondary N) is 2. The summed E-state index contributed by atoms with van der Waals surface area (Å²) < 4.78 is 5.55. The van der Waals surface area contributed by atoms with Gasteiger partial charge in [0, 0.05) is 24.6 Å². The van der Waals surface area contributed by atoms with Crippen molar-refractivity contribution in [3.63, 3.8) is 0 Å². The summed E-state index contributed by atoms with van der Waals surface area (Å²) in [6.45, 7) is 1.15. The van der Waals surface area contributed by atoms with Crippen molar-refractivity contribution in [3.8, 4) is 11.1 Å². The lowest BCUT2D eigenvalue weighted by Crippen LogP contribution is -2.27. The molecule has 0 fully saturated rings. The standard InChI is InChI=1S/C28H31N3O4/c29-35-18-20-13-15-21(16-14-20)31-27(32)12-2-1-7-17-30-28(33)34-19-26-24-10-5-3-8-22(24)23-9-4-6-11-25(23)26/h3-6,8-11,13-16,26H,1-2,7,12,17-19,29H2,(H,30,33)(H,31,32). The summed E-state index contributed by atoms with van der Waals surface area (Å²) >= 11 is 0. The lowest BCUT2D eigenvalue weighted by Gasteiger charge is -2.14. The molecule has 0 saturated heterocycles. The maximum atomic E-state index is 12.2. The molecule has 7 heteroatoms. The monoisotopic (exact) mass is 473 g/mol. The number of carbonyl (C=O) groups is 2. The van der Waals surface area contributed by atoms with Gasteiger partial charge in [0.25, 0.3) is 0 Å². The van der Waals surface area contributed by atoms with Gasteiger partial charge < -0.3 is 15.4 Å². The molecule has 0 atom stereocenters. The van der Waals surface area contributed by atoms with Crippen LogP contribution >= 0.6 is 0 Å². The average molecular weight is 474 g/mol. The Balaban J connectivity index is 1.11. The zero-order valence-electron chi connectivity index (χ0n) is 19.7. The number of alkyl carbamates (subject to hydrolysis) is 1. The van der Waals surface area contributed by atoms with Crippen molar-refractivity contribution in [1.82, 2.24) is 5.32 Å². The van der Waals surface area contributed by atoms with Crippen molar-refractivity contribution >= 4 is 17.7 Å². The molecule has 182 valence electrons. The van der Waals surface area contributed by atoms with E-state index in [0.717, 1.165) is 30.5 Å². The quantitative estimate of drug-likeness (QED) is 0.265. The Kier molecular flexibility index (Phi) is 8.48. The molecule has 7 nitrogen and oxygen atoms in total. The number of carbonyl (C=O) groups excluding carboxylic acids is 2. The molecule has 0 aromatic heterocycles. The summed E-state index contributed by atoms with van der Waals surface area (Å²) in [5.41, 5.74) is 6.49. The highest BCUT2D eigenvalue weighted by atomic mass is 16.6. The third kappa shape index (κ3) is 6.47. The Morgan fingerprint density at radius 2 is 1.49 bits per heavy atom. The Morgan fingerprint density at radius 3 is 2.14 bits per heavy atom. The summed E-state index contributed by atoms with van der Waals surface area (Å²) in [7, 11) is 0. The van der Waals surface area contributed by atoms with Crippen LogP contribution in [-0.2, 0) is 21.0 Å². The fourth-order valence-corrected chi connectivity index (χ4v) is 4.43. The number of benzene rings is 3. The van der Waals surface area contributed by atoms with Crippen molar-refractivity contribution in [1.29, 1.82) is 0 Å². The summed E-state index contributed by atoms with van der Waals surface area (Å²) in [6.07, 6.45) is 2.39. The van der Waals surface area contributed by atoms with Crippen LogP contribution in [0.1, 0.15) is 48.3 Å². The summed E-state index contributed by atoms with van der Waals surface area (Å²) in [5, 5.41) is 5.69. The van der Waals surface area contributed by atoms with E-state index in [0.29, 0.717) is 26.2 Å². The van der Waals surface area contributed by atoms with Crippen LogP contribution in [0.2, 0.25) is 0 Å². The minimum Gasteiger partial charge on any atom is -0.449 e. The molecular formula is C28H31N3O4. The molecule has 0 aliphatic heterocycles. The third-order valence-electron chi connectivity index (χ3n) is 6.18. The van der Waals surface area contributed by atoms with E-state index >= 15 is 0 Å². The van der Waals surface area contributed by atoms with Crippen molar-refractivity contribution in [2.45, 2.75) is 38.2 Å². The summed E-state index contributed by atoms with van der Waals surface area (Å²) in [4.78, 5) is 28.9. The molecule has 3 aromatic carbocycles. The van der Waals surface area contributed by atoms with Gasteiger partial charge in [-0.05, 0) is 52.8 Å². The number of fused-ring (bicyclic) bond motifs is 3. The molecule has 3 aromatic rings. The van der Waals surface area contributed by atoms with E-state index in [1.807, 2.05) is 48.5 Å². The zero-order chi connectivity index (χ0) is 24.5. The van der Waals surface area contributed by atoms with E-state index in [9.17, 15) is 9.59 Å². The Labute approximate surface area is 205 Å². The van der Waals surface area contributed by atoms with E-state index in [4.69, 9.17) is 10.6 Å². The van der Waals surface area contributed by atoms with Crippen molar-refractivity contribution in [2.75, 3.05) is 18.5 Å². The Morgan fingerprint density at radius 1 is 0.829 bits per heavy atom. The number of amides is 2. The first-order chi connectivity index (χ1) is 17.2. The van der Waals surface area contributed by atoms with Gasteiger partial charge in [0.05, 0.1) is 6.61 Å². The van der Waals surface area contributed by atoms with Crippen LogP contribution in [0.15, 0.2) is 72.8 Å². The van der Waals surface area contributed by atoms with Crippen LogP contribution < -0.4 is 16.5 Å². The van der Waals surface area contributed by atoms with Gasteiger partial charge in [-0.2, -0.15) is 0 Å². The number of hydrogen-bond donors (Lipinski definition) is 3. The zero-order valence-corrected chi connectivity index (χ0v) is 19.7. The molecule has 35 heavy (non-hydrogen) atoms. The molecule has 1 aliphatic rings. The maximum Gasteiger partial charge on any atom is 0.407 e. The normalized spacial score (nSPS) is 12.0. The van der Waals surface area contributed by atoms with Gasteiger partial charge in [0.2, 0.25) is 5.91 Å². The molecule has 0 radical (unpaired) electrons. The van der Waals surface area contributed by atoms with Crippen LogP contribution in [0.4, 0.5) is 10.5 Å². The first kappa shape index (κ1) is 24.4. The minimum absolute atomic E-state index is 0.0303. The second-order valence-electron chi connectivity index (χ2n) is 8.62. The highest BCUT2D eigenvalue weighted by Crippen LogP contribution is 2.44. The Hall–Kier alpha value is -3.68. The number of unbranched alkanes of at least 4 members (excludes halogenated alkanes) is 2. The second-order valence-corrected chi connectivity index (χ2v) is 8.62. The maximum absolute atomic E-state index is 12.2. The van der Waals surface area contributed by atoms with E-state index in [1.54, 1.807) is 0 Å². The SMILES string of the molecule is NOCc1ccc(NC(=O)CCCCCNC(=O)OCC2c3ccccc3-c3ccccc32)cc1. The fourth-order valence-electron chi connectivity index (χ4n) is 4.43. The van der Waals surface area contributed by atoms with Gasteiger partial charge >= 0.3 is 6.09 Å². The lowest BCUT2D eigenvalue weighted by atomic mass is 9.98. The van der Waals surface area contributed by atoms with Gasteiger partial charge in [0.15, 0.2) is 0 Å². The smallest absolute Gasteiger partial charge is 0.407 e. The molecule has 4 N–H and O–H groups in total. The summed E-state index contributed by atoms with van der Waals surface area (Å²) in [5.74, 6) is 5.08. The van der Waals surface area contributed by atoms with E-state index in [1.165, 1.54) is 22.3 Å². The predicted molar refractivity (Wildman–Crippen MR) is 136 cm³/mol. The van der Waals surface area contributed by atoms with Gasteiger partial charge in [-0.3, -0.25) is 9.63 Å². The number of nitrogens with two attached hydrogens (primary N) is 1. The van der Waals surface area contributed by atoms with Crippen LogP contribution in [0.3, 0.4) is 0 Å². The summed E-state index contributed by atoms with van der Waals surface area (Å²) in [6, 6.07) is 23.9. The highest BCUT2D eigenvalue weighted by molar-refractivity contribution is 5.90. The van der Waals surface area contributed by atoms with Crippen LogP contribution in [0, 0.1) is 0 Å². The Bertz CT molecular complexity index is 1100. The van der Waals surface area contributed by atoms with Gasteiger partial charge in [-0.15, -0.1) is 0 Å². The van der Waals surface area contributed by atoms with E-state index in [-0.39, 0.29) is 11.8 Å². The van der Waals surface area contributed by atoms with Gasteiger partial charge in [0.1, 0.15) is 6.61 Å². The van der Waals surface area contributed by atoms with E-state index < -0.39 is 6.09 Å². The number of anilines is 1. The van der Waals surface area contributed by atoms with Crippen molar-refractivity contribution in [2.24, 2.45) is 5.90 Å². The van der Waals surface area contributed by atoms with Crippen molar-refractivity contribution in [3.05, 3.63) is 89.5 Å². The van der Waals surface area contributed by atoms with Crippen molar-refractivity contribution < 1.29 is 19.2 Å². The molecule has 0 spiro atoms. The first-order valence-electron chi connectivity index (χ1n) is 11.9. The second kappa shape index (κ2) is 12.1. The van der Waals surface area contributed by atoms with Crippen LogP contribution in [0.25, 0.3) is 11.1 Å². The number of rotatable bonds is 11. The first-order valence-corrected chi connectivity index (χ1v) is 11.9. The van der Waals surface area contributed by atoms with Crippen LogP contribution in [0.5, 0.6) is 0 Å². The van der Waals surface area contributed by atoms with Gasteiger partial charge in [-0.1, -0.05) is 67.1 Å². The molecular weight excluding hydrogens is 442 g/mol. The molecule has 0 heterocycles. The average Bonchev–Trinajstić information content (AvgIpc) is 3.20. The topological polar surface area (TPSA) is 103 Å². The molecule has 2 amide bonds. The number of hydrogen-bond acceptors (Lipinski definition) is 5. The van der Waals surface area contributed by atoms with Gasteiger partial charge in [-0.25, -0.2) is 10.7 Å².